The largest absolute Gasteiger partial charge is 0.493 e. The highest BCUT2D eigenvalue weighted by atomic mass is 32.2. The summed E-state index contributed by atoms with van der Waals surface area (Å²) in [6, 6.07) is 16.3. The number of hydrogen-bond donors (Lipinski definition) is 2. The molecule has 1 aromatic heterocycles. The van der Waals surface area contributed by atoms with Crippen LogP contribution in [0.25, 0.3) is 22.2 Å². The monoisotopic (exact) mass is 374 g/mol. The van der Waals surface area contributed by atoms with Crippen LogP contribution in [0.4, 0.5) is 0 Å². The van der Waals surface area contributed by atoms with Crippen molar-refractivity contribution in [1.82, 2.24) is 4.98 Å². The zero-order chi connectivity index (χ0) is 18.4. The van der Waals surface area contributed by atoms with Crippen molar-refractivity contribution in [3.63, 3.8) is 0 Å². The molecular formula is C21H18N4OS. The highest BCUT2D eigenvalue weighted by Gasteiger charge is 2.32. The Morgan fingerprint density at radius 2 is 2.15 bits per heavy atom. The van der Waals surface area contributed by atoms with Crippen LogP contribution in [0, 0.1) is 17.2 Å². The van der Waals surface area contributed by atoms with Gasteiger partial charge in [0.05, 0.1) is 24.3 Å². The summed E-state index contributed by atoms with van der Waals surface area (Å²) in [5, 5.41) is 10.8. The van der Waals surface area contributed by atoms with Crippen LogP contribution >= 0.6 is 11.8 Å². The Balaban J connectivity index is 1.61. The van der Waals surface area contributed by atoms with Crippen molar-refractivity contribution in [2.75, 3.05) is 12.4 Å². The molecule has 27 heavy (non-hydrogen) atoms. The van der Waals surface area contributed by atoms with Gasteiger partial charge in [-0.05, 0) is 60.4 Å². The Hall–Kier alpha value is -2.91. The maximum absolute atomic E-state index is 9.11. The minimum absolute atomic E-state index is 0.0540. The first-order chi connectivity index (χ1) is 13.2. The quantitative estimate of drug-likeness (QED) is 0.668. The standard InChI is InChI=1S/C21H18N4OS/c22-10-12-1-3-17-15(7-12)9-18(24-17)13-2-4-19-16(8-13)20-14(5-6-26-19)11-27-21(23)25-20/h1-4,7-9,14,20,24H,5-6,11H2,(H2,23,25). The number of thioether (sulfide) groups is 1. The second kappa shape index (κ2) is 6.36. The molecule has 0 radical (unpaired) electrons. The SMILES string of the molecule is N#Cc1ccc2[nH]c(-c3ccc4c(c3)C3N=C(N)SCC3CCO4)cc2c1. The summed E-state index contributed by atoms with van der Waals surface area (Å²) in [6.45, 7) is 0.715. The van der Waals surface area contributed by atoms with Crippen LogP contribution in [-0.4, -0.2) is 22.5 Å². The Labute approximate surface area is 161 Å². The fourth-order valence-corrected chi connectivity index (χ4v) is 4.81. The van der Waals surface area contributed by atoms with E-state index in [1.807, 2.05) is 24.3 Å². The number of nitrogens with two attached hydrogens (primary N) is 1. The van der Waals surface area contributed by atoms with Crippen molar-refractivity contribution in [3.05, 3.63) is 53.6 Å². The topological polar surface area (TPSA) is 87.2 Å². The number of nitrogens with one attached hydrogen (secondary N) is 1. The number of nitrogens with zero attached hydrogens (tertiary/aromatic N) is 2. The number of ether oxygens (including phenoxy) is 1. The number of nitriles is 1. The Bertz CT molecular complexity index is 1110. The third-order valence-electron chi connectivity index (χ3n) is 5.29. The van der Waals surface area contributed by atoms with Crippen LogP contribution < -0.4 is 10.5 Å². The molecule has 6 heteroatoms. The second-order valence-electron chi connectivity index (χ2n) is 6.97. The predicted octanol–water partition coefficient (Wildman–Crippen LogP) is 4.21. The van der Waals surface area contributed by atoms with Crippen LogP contribution in [0.2, 0.25) is 0 Å². The number of benzene rings is 2. The first-order valence-electron chi connectivity index (χ1n) is 8.97. The summed E-state index contributed by atoms with van der Waals surface area (Å²) >= 11 is 1.63. The highest BCUT2D eigenvalue weighted by molar-refractivity contribution is 8.13. The summed E-state index contributed by atoms with van der Waals surface area (Å²) in [5.41, 5.74) is 10.9. The Morgan fingerprint density at radius 3 is 3.04 bits per heavy atom. The van der Waals surface area contributed by atoms with Crippen molar-refractivity contribution < 1.29 is 4.74 Å². The molecule has 3 heterocycles. The van der Waals surface area contributed by atoms with Gasteiger partial charge in [-0.3, -0.25) is 4.99 Å². The summed E-state index contributed by atoms with van der Waals surface area (Å²) in [6.07, 6.45) is 0.988. The maximum atomic E-state index is 9.11. The van der Waals surface area contributed by atoms with Crippen LogP contribution in [0.1, 0.15) is 23.6 Å². The first kappa shape index (κ1) is 16.3. The van der Waals surface area contributed by atoms with E-state index in [1.54, 1.807) is 11.8 Å². The molecule has 0 spiro atoms. The minimum atomic E-state index is 0.0540. The van der Waals surface area contributed by atoms with E-state index in [0.717, 1.165) is 45.6 Å². The van der Waals surface area contributed by atoms with E-state index >= 15 is 0 Å². The predicted molar refractivity (Wildman–Crippen MR) is 109 cm³/mol. The molecule has 2 aliphatic heterocycles. The molecule has 2 aliphatic rings. The molecule has 0 saturated heterocycles. The zero-order valence-electron chi connectivity index (χ0n) is 14.6. The summed E-state index contributed by atoms with van der Waals surface area (Å²) in [7, 11) is 0. The van der Waals surface area contributed by atoms with Gasteiger partial charge in [0, 0.05) is 27.9 Å². The van der Waals surface area contributed by atoms with E-state index < -0.39 is 0 Å². The second-order valence-corrected chi connectivity index (χ2v) is 8.01. The normalized spacial score (nSPS) is 21.4. The van der Waals surface area contributed by atoms with Crippen molar-refractivity contribution in [1.29, 1.82) is 5.26 Å². The van der Waals surface area contributed by atoms with Crippen LogP contribution in [-0.2, 0) is 0 Å². The average molecular weight is 374 g/mol. The van der Waals surface area contributed by atoms with E-state index in [0.29, 0.717) is 23.3 Å². The smallest absolute Gasteiger partial charge is 0.154 e. The molecule has 0 fully saturated rings. The summed E-state index contributed by atoms with van der Waals surface area (Å²) < 4.78 is 5.99. The van der Waals surface area contributed by atoms with Gasteiger partial charge in [0.15, 0.2) is 5.17 Å². The molecule has 5 nitrogen and oxygen atoms in total. The van der Waals surface area contributed by atoms with E-state index in [9.17, 15) is 0 Å². The maximum Gasteiger partial charge on any atom is 0.154 e. The molecule has 2 aromatic carbocycles. The Kier molecular flexibility index (Phi) is 3.83. The van der Waals surface area contributed by atoms with Crippen molar-refractivity contribution in [2.24, 2.45) is 16.6 Å². The fourth-order valence-electron chi connectivity index (χ4n) is 3.88. The van der Waals surface area contributed by atoms with Gasteiger partial charge >= 0.3 is 0 Å². The van der Waals surface area contributed by atoms with Gasteiger partial charge in [-0.2, -0.15) is 5.26 Å². The molecular weight excluding hydrogens is 356 g/mol. The fraction of sp³-hybridized carbons (Fsp3) is 0.238. The lowest BCUT2D eigenvalue weighted by Crippen LogP contribution is -2.24. The third-order valence-corrected chi connectivity index (χ3v) is 6.29. The molecule has 0 bridgehead atoms. The lowest BCUT2D eigenvalue weighted by atomic mass is 9.91. The van der Waals surface area contributed by atoms with Gasteiger partial charge in [0.25, 0.3) is 0 Å². The van der Waals surface area contributed by atoms with Crippen molar-refractivity contribution in [2.45, 2.75) is 12.5 Å². The van der Waals surface area contributed by atoms with Gasteiger partial charge in [-0.1, -0.05) is 11.8 Å². The molecule has 3 aromatic rings. The van der Waals surface area contributed by atoms with Gasteiger partial charge in [-0.25, -0.2) is 0 Å². The third kappa shape index (κ3) is 2.84. The van der Waals surface area contributed by atoms with Gasteiger partial charge in [-0.15, -0.1) is 0 Å². The lowest BCUT2D eigenvalue weighted by Gasteiger charge is -2.26. The van der Waals surface area contributed by atoms with Crippen molar-refractivity contribution in [3.8, 4) is 23.1 Å². The molecule has 2 atom stereocenters. The molecule has 5 rings (SSSR count). The van der Waals surface area contributed by atoms with E-state index in [2.05, 4.69) is 29.3 Å². The number of amidine groups is 1. The van der Waals surface area contributed by atoms with Crippen LogP contribution in [0.5, 0.6) is 5.75 Å². The van der Waals surface area contributed by atoms with Crippen LogP contribution in [0.3, 0.4) is 0 Å². The van der Waals surface area contributed by atoms with Gasteiger partial charge < -0.3 is 15.5 Å². The van der Waals surface area contributed by atoms with Crippen molar-refractivity contribution >= 4 is 27.8 Å². The highest BCUT2D eigenvalue weighted by Crippen LogP contribution is 2.43. The number of fused-ring (bicyclic) bond motifs is 4. The van der Waals surface area contributed by atoms with E-state index in [4.69, 9.17) is 20.7 Å². The number of aliphatic imine (C=N–C) groups is 1. The number of H-pyrrole nitrogens is 1. The van der Waals surface area contributed by atoms with Gasteiger partial charge in [0.1, 0.15) is 5.75 Å². The molecule has 3 N–H and O–H groups in total. The molecule has 0 saturated carbocycles. The zero-order valence-corrected chi connectivity index (χ0v) is 15.4. The molecule has 2 unspecified atom stereocenters. The lowest BCUT2D eigenvalue weighted by molar-refractivity contribution is 0.296. The summed E-state index contributed by atoms with van der Waals surface area (Å²) in [4.78, 5) is 8.19. The summed E-state index contributed by atoms with van der Waals surface area (Å²) in [5.74, 6) is 2.33. The number of hydrogen-bond acceptors (Lipinski definition) is 5. The average Bonchev–Trinajstić information content (AvgIpc) is 3.04. The van der Waals surface area contributed by atoms with E-state index in [1.165, 1.54) is 0 Å². The van der Waals surface area contributed by atoms with E-state index in [-0.39, 0.29) is 6.04 Å². The minimum Gasteiger partial charge on any atom is -0.493 e. The number of aromatic nitrogens is 1. The molecule has 134 valence electrons. The first-order valence-corrected chi connectivity index (χ1v) is 9.96. The molecule has 0 aliphatic carbocycles. The number of rotatable bonds is 1. The Morgan fingerprint density at radius 1 is 1.22 bits per heavy atom. The van der Waals surface area contributed by atoms with Gasteiger partial charge in [0.2, 0.25) is 0 Å². The van der Waals surface area contributed by atoms with Crippen LogP contribution in [0.15, 0.2) is 47.5 Å². The number of aromatic amines is 1. The molecule has 0 amide bonds.